The number of aryl methyl sites for hydroxylation is 1. The van der Waals surface area contributed by atoms with Gasteiger partial charge in [-0.1, -0.05) is 38.3 Å². The Bertz CT molecular complexity index is 1030. The maximum absolute atomic E-state index is 11.4. The Morgan fingerprint density at radius 3 is 2.63 bits per heavy atom. The molecule has 0 spiro atoms. The molecular formula is C28H44N2O4S. The lowest BCUT2D eigenvalue weighted by Gasteiger charge is -2.60. The Hall–Kier alpha value is -1.41. The Kier molecular flexibility index (Phi) is 7.73. The summed E-state index contributed by atoms with van der Waals surface area (Å²) >= 11 is 0. The molecule has 0 amide bonds. The number of anilines is 1. The van der Waals surface area contributed by atoms with E-state index in [9.17, 15) is 18.1 Å². The third-order valence-corrected chi connectivity index (χ3v) is 10.0. The van der Waals surface area contributed by atoms with Crippen LogP contribution in [0.15, 0.2) is 30.9 Å². The normalized spacial score (nSPS) is 34.2. The van der Waals surface area contributed by atoms with E-state index in [0.717, 1.165) is 45.1 Å². The van der Waals surface area contributed by atoms with Crippen LogP contribution in [-0.2, 0) is 16.7 Å². The van der Waals surface area contributed by atoms with Crippen LogP contribution in [0.5, 0.6) is 0 Å². The summed E-state index contributed by atoms with van der Waals surface area (Å²) in [5.41, 5.74) is 2.75. The van der Waals surface area contributed by atoms with Gasteiger partial charge in [0.15, 0.2) is 0 Å². The smallest absolute Gasteiger partial charge is 0.357 e. The molecule has 2 saturated carbocycles. The lowest BCUT2D eigenvalue weighted by atomic mass is 9.44. The molecule has 2 fully saturated rings. The second kappa shape index (κ2) is 10.2. The average Bonchev–Trinajstić information content (AvgIpc) is 3.08. The van der Waals surface area contributed by atoms with Gasteiger partial charge in [-0.2, -0.15) is 8.42 Å². The van der Waals surface area contributed by atoms with Crippen molar-refractivity contribution in [1.82, 2.24) is 4.90 Å². The third kappa shape index (κ3) is 5.20. The van der Waals surface area contributed by atoms with Crippen molar-refractivity contribution in [2.75, 3.05) is 25.4 Å². The predicted octanol–water partition coefficient (Wildman–Crippen LogP) is 5.41. The van der Waals surface area contributed by atoms with Gasteiger partial charge in [-0.15, -0.1) is 6.58 Å². The van der Waals surface area contributed by atoms with E-state index in [-0.39, 0.29) is 16.9 Å². The summed E-state index contributed by atoms with van der Waals surface area (Å²) in [5, 5.41) is 11.1. The first kappa shape index (κ1) is 26.6. The van der Waals surface area contributed by atoms with E-state index in [1.54, 1.807) is 6.07 Å². The summed E-state index contributed by atoms with van der Waals surface area (Å²) in [6.45, 7) is 7.82. The minimum atomic E-state index is -4.30. The molecule has 0 bridgehead atoms. The van der Waals surface area contributed by atoms with Crippen molar-refractivity contribution < 1.29 is 18.1 Å². The fraction of sp³-hybridized carbons (Fsp3) is 0.714. The summed E-state index contributed by atoms with van der Waals surface area (Å²) in [7, 11) is -0.0560. The molecule has 6 nitrogen and oxygen atoms in total. The van der Waals surface area contributed by atoms with Crippen molar-refractivity contribution in [1.29, 1.82) is 0 Å². The van der Waals surface area contributed by atoms with E-state index < -0.39 is 10.3 Å². The molecule has 3 N–H and O–H groups in total. The van der Waals surface area contributed by atoms with Crippen LogP contribution >= 0.6 is 0 Å². The minimum absolute atomic E-state index is 0.0505. The number of nitrogens with one attached hydrogen (secondary N) is 1. The molecule has 0 radical (unpaired) electrons. The van der Waals surface area contributed by atoms with Crippen molar-refractivity contribution in [2.45, 2.75) is 83.2 Å². The summed E-state index contributed by atoms with van der Waals surface area (Å²) in [6.07, 6.45) is 12.7. The molecule has 0 saturated heterocycles. The van der Waals surface area contributed by atoms with Crippen LogP contribution in [-0.4, -0.2) is 49.7 Å². The SMILES string of the molecule is C=CC12CCc3cc(NS(=O)(=O)O)ccc3C1[C@@H](CCCCCCN(C)C)C[C@@]1(C)C2CC[C@@H]1O. The number of fused-ring (bicyclic) bond motifs is 5. The summed E-state index contributed by atoms with van der Waals surface area (Å²) in [5.74, 6) is 1.19. The predicted molar refractivity (Wildman–Crippen MR) is 142 cm³/mol. The number of hydrogen-bond donors (Lipinski definition) is 3. The van der Waals surface area contributed by atoms with Crippen molar-refractivity contribution in [3.8, 4) is 0 Å². The highest BCUT2D eigenvalue weighted by molar-refractivity contribution is 7.87. The standard InChI is InChI=1S/C28H44N2O4S/c1-5-28-16-15-20-18-22(29-35(32,33)34)11-12-23(20)26(28)21(10-8-6-7-9-17-30(3)4)19-27(2)24(28)13-14-25(27)31/h5,11-12,18,21,24-26,29,31H,1,6-10,13-17,19H2,2-4H3,(H,32,33,34)/t21-,24?,25-,26?,27-,28?/m0/s1. The molecule has 0 aliphatic heterocycles. The monoisotopic (exact) mass is 504 g/mol. The summed E-state index contributed by atoms with van der Waals surface area (Å²) in [6, 6.07) is 5.75. The van der Waals surface area contributed by atoms with Gasteiger partial charge in [0.25, 0.3) is 0 Å². The van der Waals surface area contributed by atoms with E-state index in [0.29, 0.717) is 23.4 Å². The highest BCUT2D eigenvalue weighted by Crippen LogP contribution is 2.69. The van der Waals surface area contributed by atoms with Crippen LogP contribution in [0.4, 0.5) is 5.69 Å². The van der Waals surface area contributed by atoms with Gasteiger partial charge in [0.1, 0.15) is 0 Å². The zero-order valence-electron chi connectivity index (χ0n) is 21.7. The van der Waals surface area contributed by atoms with Gasteiger partial charge in [-0.3, -0.25) is 9.27 Å². The van der Waals surface area contributed by atoms with Crippen molar-refractivity contribution in [2.24, 2.45) is 22.7 Å². The Balaban J connectivity index is 1.64. The first-order valence-electron chi connectivity index (χ1n) is 13.3. The molecule has 35 heavy (non-hydrogen) atoms. The number of nitrogens with zero attached hydrogens (tertiary/aromatic N) is 1. The van der Waals surface area contributed by atoms with Gasteiger partial charge in [-0.05, 0) is 117 Å². The highest BCUT2D eigenvalue weighted by atomic mass is 32.2. The van der Waals surface area contributed by atoms with E-state index in [1.807, 2.05) is 6.07 Å². The van der Waals surface area contributed by atoms with E-state index in [2.05, 4.69) is 49.4 Å². The van der Waals surface area contributed by atoms with E-state index in [4.69, 9.17) is 0 Å². The quantitative estimate of drug-likeness (QED) is 0.225. The fourth-order valence-corrected chi connectivity index (χ4v) is 8.53. The molecule has 0 heterocycles. The molecule has 6 atom stereocenters. The number of aliphatic hydroxyl groups is 1. The lowest BCUT2D eigenvalue weighted by molar-refractivity contribution is -0.0812. The molecule has 7 heteroatoms. The first-order valence-corrected chi connectivity index (χ1v) is 14.8. The van der Waals surface area contributed by atoms with Gasteiger partial charge < -0.3 is 10.0 Å². The third-order valence-electron chi connectivity index (χ3n) is 9.55. The Morgan fingerprint density at radius 1 is 1.20 bits per heavy atom. The number of hydrogen-bond acceptors (Lipinski definition) is 4. The number of benzene rings is 1. The van der Waals surface area contributed by atoms with Gasteiger partial charge in [0, 0.05) is 0 Å². The maximum Gasteiger partial charge on any atom is 0.357 e. The zero-order chi connectivity index (χ0) is 25.4. The fourth-order valence-electron chi connectivity index (χ4n) is 8.11. The highest BCUT2D eigenvalue weighted by Gasteiger charge is 2.63. The van der Waals surface area contributed by atoms with Gasteiger partial charge in [0.05, 0.1) is 11.8 Å². The molecule has 3 aliphatic carbocycles. The van der Waals surface area contributed by atoms with Gasteiger partial charge in [-0.25, -0.2) is 0 Å². The van der Waals surface area contributed by atoms with E-state index in [1.165, 1.54) is 36.8 Å². The molecule has 3 unspecified atom stereocenters. The lowest BCUT2D eigenvalue weighted by Crippen LogP contribution is -2.54. The number of allylic oxidation sites excluding steroid dienone is 1. The van der Waals surface area contributed by atoms with E-state index >= 15 is 0 Å². The molecule has 0 aromatic heterocycles. The Morgan fingerprint density at radius 2 is 1.94 bits per heavy atom. The van der Waals surface area contributed by atoms with Crippen molar-refractivity contribution in [3.05, 3.63) is 42.0 Å². The molecule has 3 aliphatic rings. The maximum atomic E-state index is 11.4. The molecule has 1 aromatic carbocycles. The number of rotatable bonds is 10. The van der Waals surface area contributed by atoms with Crippen LogP contribution in [0.3, 0.4) is 0 Å². The van der Waals surface area contributed by atoms with Crippen molar-refractivity contribution >= 4 is 16.0 Å². The molecule has 1 aromatic rings. The minimum Gasteiger partial charge on any atom is -0.393 e. The summed E-state index contributed by atoms with van der Waals surface area (Å²) in [4.78, 5) is 2.24. The van der Waals surface area contributed by atoms with Gasteiger partial charge >= 0.3 is 10.3 Å². The van der Waals surface area contributed by atoms with Gasteiger partial charge in [0.2, 0.25) is 0 Å². The van der Waals surface area contributed by atoms with Crippen LogP contribution in [0.1, 0.15) is 81.8 Å². The molecule has 196 valence electrons. The molecule has 4 rings (SSSR count). The topological polar surface area (TPSA) is 89.9 Å². The number of aliphatic hydroxyl groups excluding tert-OH is 1. The van der Waals surface area contributed by atoms with Crippen molar-refractivity contribution in [3.63, 3.8) is 0 Å². The zero-order valence-corrected chi connectivity index (χ0v) is 22.5. The Labute approximate surface area is 212 Å². The largest absolute Gasteiger partial charge is 0.393 e. The van der Waals surface area contributed by atoms with Crippen LogP contribution < -0.4 is 4.72 Å². The second-order valence-corrected chi connectivity index (χ2v) is 13.1. The summed E-state index contributed by atoms with van der Waals surface area (Å²) < 4.78 is 34.2. The first-order chi connectivity index (χ1) is 16.5. The van der Waals surface area contributed by atoms with Crippen LogP contribution in [0, 0.1) is 22.7 Å². The molecular weight excluding hydrogens is 460 g/mol. The average molecular weight is 505 g/mol. The van der Waals surface area contributed by atoms with Crippen LogP contribution in [0.25, 0.3) is 0 Å². The number of unbranched alkanes of at least 4 members (excludes halogenated alkanes) is 3. The second-order valence-electron chi connectivity index (χ2n) is 11.9. The van der Waals surface area contributed by atoms with Crippen LogP contribution in [0.2, 0.25) is 0 Å².